The Morgan fingerprint density at radius 2 is 1.90 bits per heavy atom. The minimum Gasteiger partial charge on any atom is -0.374 e. The van der Waals surface area contributed by atoms with Gasteiger partial charge in [-0.05, 0) is 29.8 Å². The van der Waals surface area contributed by atoms with E-state index in [1.54, 1.807) is 0 Å². The molecule has 0 aliphatic rings. The molecule has 0 unspecified atom stereocenters. The molecule has 0 radical (unpaired) electrons. The molecule has 1 heterocycles. The molecule has 0 aliphatic heterocycles. The topological polar surface area (TPSA) is 64.2 Å². The number of benzene rings is 2. The van der Waals surface area contributed by atoms with Crippen LogP contribution in [0.25, 0.3) is 10.6 Å². The number of aromatic nitrogens is 2. The quantitative estimate of drug-likeness (QED) is 0.709. The number of hydrogen-bond acceptors (Lipinski definition) is 5. The van der Waals surface area contributed by atoms with Gasteiger partial charge in [-0.2, -0.15) is 0 Å². The summed E-state index contributed by atoms with van der Waals surface area (Å²) in [5.74, 6) is 0. The SMILES string of the molecule is Nc1nnc(-c2cccc(N=Cc3ccc(Br)cc3)c2)s1. The van der Waals surface area contributed by atoms with Crippen molar-refractivity contribution in [1.82, 2.24) is 10.2 Å². The molecule has 0 saturated heterocycles. The van der Waals surface area contributed by atoms with E-state index in [1.807, 2.05) is 54.7 Å². The number of halogens is 1. The zero-order valence-electron chi connectivity index (χ0n) is 10.9. The molecule has 3 rings (SSSR count). The molecule has 104 valence electrons. The molecular formula is C15H11BrN4S. The minimum atomic E-state index is 0.466. The van der Waals surface area contributed by atoms with Crippen LogP contribution < -0.4 is 5.73 Å². The first-order valence-electron chi connectivity index (χ1n) is 6.20. The fourth-order valence-electron chi connectivity index (χ4n) is 1.77. The van der Waals surface area contributed by atoms with E-state index < -0.39 is 0 Å². The summed E-state index contributed by atoms with van der Waals surface area (Å²) in [7, 11) is 0. The summed E-state index contributed by atoms with van der Waals surface area (Å²) in [4.78, 5) is 4.48. The van der Waals surface area contributed by atoms with Crippen LogP contribution in [0.3, 0.4) is 0 Å². The molecule has 0 aliphatic carbocycles. The third-order valence-corrected chi connectivity index (χ3v) is 4.10. The molecule has 1 aromatic heterocycles. The fraction of sp³-hybridized carbons (Fsp3) is 0. The van der Waals surface area contributed by atoms with Gasteiger partial charge in [0.25, 0.3) is 0 Å². The number of nitrogen functional groups attached to an aromatic ring is 1. The lowest BCUT2D eigenvalue weighted by atomic mass is 10.2. The van der Waals surface area contributed by atoms with Crippen molar-refractivity contribution in [2.75, 3.05) is 5.73 Å². The van der Waals surface area contributed by atoms with Crippen molar-refractivity contribution in [2.24, 2.45) is 4.99 Å². The zero-order chi connectivity index (χ0) is 14.7. The molecule has 0 atom stereocenters. The zero-order valence-corrected chi connectivity index (χ0v) is 13.3. The Kier molecular flexibility index (Phi) is 4.08. The monoisotopic (exact) mass is 358 g/mol. The highest BCUT2D eigenvalue weighted by molar-refractivity contribution is 9.10. The van der Waals surface area contributed by atoms with Crippen molar-refractivity contribution in [2.45, 2.75) is 0 Å². The molecule has 4 nitrogen and oxygen atoms in total. The van der Waals surface area contributed by atoms with Crippen LogP contribution in [0.1, 0.15) is 5.56 Å². The van der Waals surface area contributed by atoms with Gasteiger partial charge < -0.3 is 5.73 Å². The summed E-state index contributed by atoms with van der Waals surface area (Å²) in [6, 6.07) is 15.8. The van der Waals surface area contributed by atoms with Crippen LogP contribution in [0.4, 0.5) is 10.8 Å². The second-order valence-electron chi connectivity index (χ2n) is 4.31. The Morgan fingerprint density at radius 1 is 1.10 bits per heavy atom. The van der Waals surface area contributed by atoms with Crippen LogP contribution >= 0.6 is 27.3 Å². The van der Waals surface area contributed by atoms with Gasteiger partial charge in [0.2, 0.25) is 5.13 Å². The van der Waals surface area contributed by atoms with Gasteiger partial charge in [0.05, 0.1) is 5.69 Å². The van der Waals surface area contributed by atoms with E-state index in [0.29, 0.717) is 5.13 Å². The van der Waals surface area contributed by atoms with Gasteiger partial charge in [-0.3, -0.25) is 4.99 Å². The molecule has 6 heteroatoms. The maximum Gasteiger partial charge on any atom is 0.203 e. The van der Waals surface area contributed by atoms with Crippen LogP contribution in [0.5, 0.6) is 0 Å². The third-order valence-electron chi connectivity index (χ3n) is 2.77. The molecule has 0 fully saturated rings. The molecule has 2 N–H and O–H groups in total. The van der Waals surface area contributed by atoms with Crippen LogP contribution in [0, 0.1) is 0 Å². The largest absolute Gasteiger partial charge is 0.374 e. The van der Waals surface area contributed by atoms with Gasteiger partial charge in [0, 0.05) is 16.3 Å². The molecular weight excluding hydrogens is 348 g/mol. The van der Waals surface area contributed by atoms with E-state index in [-0.39, 0.29) is 0 Å². The normalized spacial score (nSPS) is 11.1. The number of hydrogen-bond donors (Lipinski definition) is 1. The van der Waals surface area contributed by atoms with Crippen molar-refractivity contribution >= 4 is 44.3 Å². The Labute approximate surface area is 134 Å². The second-order valence-corrected chi connectivity index (χ2v) is 6.23. The number of rotatable bonds is 3. The molecule has 3 aromatic rings. The average molecular weight is 359 g/mol. The fourth-order valence-corrected chi connectivity index (χ4v) is 2.64. The molecule has 0 saturated carbocycles. The number of nitrogens with zero attached hydrogens (tertiary/aromatic N) is 3. The van der Waals surface area contributed by atoms with Crippen molar-refractivity contribution in [3.05, 3.63) is 58.6 Å². The molecule has 0 amide bonds. The van der Waals surface area contributed by atoms with Crippen LogP contribution in [-0.4, -0.2) is 16.4 Å². The van der Waals surface area contributed by atoms with Gasteiger partial charge in [-0.1, -0.05) is 51.5 Å². The highest BCUT2D eigenvalue weighted by Crippen LogP contribution is 2.27. The second kappa shape index (κ2) is 6.15. The van der Waals surface area contributed by atoms with E-state index >= 15 is 0 Å². The third kappa shape index (κ3) is 3.53. The summed E-state index contributed by atoms with van der Waals surface area (Å²) < 4.78 is 1.05. The van der Waals surface area contributed by atoms with Gasteiger partial charge in [-0.15, -0.1) is 10.2 Å². The van der Waals surface area contributed by atoms with E-state index in [9.17, 15) is 0 Å². The molecule has 2 aromatic carbocycles. The van der Waals surface area contributed by atoms with Crippen LogP contribution in [0.15, 0.2) is 58.0 Å². The van der Waals surface area contributed by atoms with Gasteiger partial charge in [0.15, 0.2) is 0 Å². The number of nitrogens with two attached hydrogens (primary N) is 1. The Balaban J connectivity index is 1.84. The van der Waals surface area contributed by atoms with E-state index in [4.69, 9.17) is 5.73 Å². The average Bonchev–Trinajstić information content (AvgIpc) is 2.94. The van der Waals surface area contributed by atoms with Crippen LogP contribution in [0.2, 0.25) is 0 Å². The summed E-state index contributed by atoms with van der Waals surface area (Å²) in [5, 5.41) is 9.14. The van der Waals surface area contributed by atoms with E-state index in [1.165, 1.54) is 11.3 Å². The summed E-state index contributed by atoms with van der Waals surface area (Å²) in [5.41, 5.74) is 8.49. The standard InChI is InChI=1S/C15H11BrN4S/c16-12-6-4-10(5-7-12)9-18-13-3-1-2-11(8-13)14-19-20-15(17)21-14/h1-9H,(H2,17,20). The first kappa shape index (κ1) is 13.9. The predicted molar refractivity (Wildman–Crippen MR) is 91.2 cm³/mol. The first-order valence-corrected chi connectivity index (χ1v) is 7.81. The maximum absolute atomic E-state index is 5.61. The van der Waals surface area contributed by atoms with Crippen molar-refractivity contribution in [3.63, 3.8) is 0 Å². The summed E-state index contributed by atoms with van der Waals surface area (Å²) in [6.07, 6.45) is 1.83. The van der Waals surface area contributed by atoms with Gasteiger partial charge in [0.1, 0.15) is 5.01 Å². The molecule has 0 spiro atoms. The minimum absolute atomic E-state index is 0.466. The lowest BCUT2D eigenvalue weighted by Gasteiger charge is -1.98. The highest BCUT2D eigenvalue weighted by Gasteiger charge is 2.04. The highest BCUT2D eigenvalue weighted by atomic mass is 79.9. The number of anilines is 1. The number of aliphatic imine (C=N–C) groups is 1. The Bertz CT molecular complexity index is 780. The van der Waals surface area contributed by atoms with Gasteiger partial charge in [-0.25, -0.2) is 0 Å². The Morgan fingerprint density at radius 3 is 2.62 bits per heavy atom. The van der Waals surface area contributed by atoms with Gasteiger partial charge >= 0.3 is 0 Å². The van der Waals surface area contributed by atoms with Crippen molar-refractivity contribution < 1.29 is 0 Å². The van der Waals surface area contributed by atoms with Crippen molar-refractivity contribution in [1.29, 1.82) is 0 Å². The summed E-state index contributed by atoms with van der Waals surface area (Å²) >= 11 is 4.78. The maximum atomic E-state index is 5.61. The van der Waals surface area contributed by atoms with E-state index in [2.05, 4.69) is 31.1 Å². The predicted octanol–water partition coefficient (Wildman–Crippen LogP) is 4.30. The van der Waals surface area contributed by atoms with E-state index in [0.717, 1.165) is 26.3 Å². The van der Waals surface area contributed by atoms with Crippen LogP contribution in [-0.2, 0) is 0 Å². The Hall–Kier alpha value is -2.05. The first-order chi connectivity index (χ1) is 10.2. The lowest BCUT2D eigenvalue weighted by molar-refractivity contribution is 1.10. The molecule has 21 heavy (non-hydrogen) atoms. The van der Waals surface area contributed by atoms with Crippen molar-refractivity contribution in [3.8, 4) is 10.6 Å². The molecule has 0 bridgehead atoms. The smallest absolute Gasteiger partial charge is 0.203 e. The lowest BCUT2D eigenvalue weighted by Crippen LogP contribution is -1.81. The summed E-state index contributed by atoms with van der Waals surface area (Å²) in [6.45, 7) is 0.